The normalized spacial score (nSPS) is 16.8. The Bertz CT molecular complexity index is 207. The van der Waals surface area contributed by atoms with Gasteiger partial charge in [-0.2, -0.15) is 13.2 Å². The van der Waals surface area contributed by atoms with Crippen molar-refractivity contribution in [3.63, 3.8) is 0 Å². The molecule has 0 atom stereocenters. The highest BCUT2D eigenvalue weighted by Crippen LogP contribution is 2.28. The van der Waals surface area contributed by atoms with E-state index >= 15 is 0 Å². The largest absolute Gasteiger partial charge is 0.401 e. The summed E-state index contributed by atoms with van der Waals surface area (Å²) in [6, 6.07) is 0. The van der Waals surface area contributed by atoms with Crippen LogP contribution in [0.4, 0.5) is 13.2 Å². The van der Waals surface area contributed by atoms with E-state index in [9.17, 15) is 13.2 Å². The molecule has 0 aromatic rings. The number of hydrogen-bond donors (Lipinski definition) is 1. The summed E-state index contributed by atoms with van der Waals surface area (Å²) in [6.45, 7) is 2.29. The monoisotopic (exact) mass is 254 g/mol. The van der Waals surface area contributed by atoms with Crippen LogP contribution in [-0.4, -0.2) is 57.5 Å². The number of halogens is 3. The van der Waals surface area contributed by atoms with E-state index in [1.165, 1.54) is 12.8 Å². The highest BCUT2D eigenvalue weighted by molar-refractivity contribution is 4.72. The smallest absolute Gasteiger partial charge is 0.380 e. The van der Waals surface area contributed by atoms with Crippen molar-refractivity contribution in [1.29, 1.82) is 0 Å². The van der Waals surface area contributed by atoms with Crippen molar-refractivity contribution in [2.24, 2.45) is 5.92 Å². The van der Waals surface area contributed by atoms with Crippen molar-refractivity contribution in [3.8, 4) is 0 Å². The number of nitrogens with one attached hydrogen (secondary N) is 1. The highest BCUT2D eigenvalue weighted by atomic mass is 19.4. The SMILES string of the molecule is CN(CCNCC(F)(F)F)CCOCC1CC1. The summed E-state index contributed by atoms with van der Waals surface area (Å²) in [5, 5.41) is 2.37. The van der Waals surface area contributed by atoms with E-state index in [0.29, 0.717) is 19.7 Å². The summed E-state index contributed by atoms with van der Waals surface area (Å²) in [5.41, 5.74) is 0. The molecule has 0 spiro atoms. The van der Waals surface area contributed by atoms with Gasteiger partial charge in [0, 0.05) is 26.2 Å². The summed E-state index contributed by atoms with van der Waals surface area (Å²) >= 11 is 0. The van der Waals surface area contributed by atoms with Crippen LogP contribution in [0.2, 0.25) is 0 Å². The molecule has 1 rings (SSSR count). The van der Waals surface area contributed by atoms with E-state index in [1.54, 1.807) is 0 Å². The zero-order chi connectivity index (χ0) is 12.7. The van der Waals surface area contributed by atoms with E-state index in [4.69, 9.17) is 4.74 Å². The molecule has 0 saturated heterocycles. The van der Waals surface area contributed by atoms with Gasteiger partial charge in [-0.3, -0.25) is 0 Å². The predicted octanol–water partition coefficient (Wildman–Crippen LogP) is 1.50. The fourth-order valence-corrected chi connectivity index (χ4v) is 1.37. The maximum absolute atomic E-state index is 11.8. The van der Waals surface area contributed by atoms with Crippen molar-refractivity contribution in [3.05, 3.63) is 0 Å². The molecular formula is C11H21F3N2O. The molecule has 0 aliphatic heterocycles. The Morgan fingerprint density at radius 2 is 2.00 bits per heavy atom. The average Bonchev–Trinajstić information content (AvgIpc) is 3.02. The maximum Gasteiger partial charge on any atom is 0.401 e. The van der Waals surface area contributed by atoms with Gasteiger partial charge in [0.05, 0.1) is 13.2 Å². The van der Waals surface area contributed by atoms with Crippen molar-refractivity contribution < 1.29 is 17.9 Å². The van der Waals surface area contributed by atoms with Gasteiger partial charge < -0.3 is 15.0 Å². The molecule has 0 radical (unpaired) electrons. The fourth-order valence-electron chi connectivity index (χ4n) is 1.37. The molecule has 102 valence electrons. The number of alkyl halides is 3. The summed E-state index contributed by atoms with van der Waals surface area (Å²) in [6.07, 6.45) is -1.57. The van der Waals surface area contributed by atoms with Crippen molar-refractivity contribution >= 4 is 0 Å². The van der Waals surface area contributed by atoms with Crippen LogP contribution in [0.1, 0.15) is 12.8 Å². The molecule has 0 aromatic heterocycles. The van der Waals surface area contributed by atoms with Crippen LogP contribution in [0.25, 0.3) is 0 Å². The molecule has 17 heavy (non-hydrogen) atoms. The first kappa shape index (κ1) is 14.7. The molecule has 6 heteroatoms. The highest BCUT2D eigenvalue weighted by Gasteiger charge is 2.26. The van der Waals surface area contributed by atoms with E-state index in [-0.39, 0.29) is 0 Å². The van der Waals surface area contributed by atoms with Crippen molar-refractivity contribution in [2.45, 2.75) is 19.0 Å². The first-order valence-corrected chi connectivity index (χ1v) is 6.01. The zero-order valence-electron chi connectivity index (χ0n) is 10.2. The number of ether oxygens (including phenoxy) is 1. The Balaban J connectivity index is 1.84. The second-order valence-electron chi connectivity index (χ2n) is 4.61. The molecule has 0 bridgehead atoms. The molecule has 1 aliphatic rings. The summed E-state index contributed by atoms with van der Waals surface area (Å²) in [4.78, 5) is 1.97. The van der Waals surface area contributed by atoms with Crippen LogP contribution >= 0.6 is 0 Å². The molecule has 0 unspecified atom stereocenters. The van der Waals surface area contributed by atoms with Gasteiger partial charge in [-0.05, 0) is 25.8 Å². The lowest BCUT2D eigenvalue weighted by Gasteiger charge is -2.17. The van der Waals surface area contributed by atoms with E-state index in [0.717, 1.165) is 19.1 Å². The van der Waals surface area contributed by atoms with Crippen LogP contribution in [0.15, 0.2) is 0 Å². The van der Waals surface area contributed by atoms with Gasteiger partial charge in [0.25, 0.3) is 0 Å². The lowest BCUT2D eigenvalue weighted by Crippen LogP contribution is -2.36. The lowest BCUT2D eigenvalue weighted by molar-refractivity contribution is -0.124. The molecule has 0 aromatic carbocycles. The third kappa shape index (κ3) is 9.38. The van der Waals surface area contributed by atoms with Crippen LogP contribution in [0.3, 0.4) is 0 Å². The Morgan fingerprint density at radius 3 is 2.59 bits per heavy atom. The Morgan fingerprint density at radius 1 is 1.29 bits per heavy atom. The first-order chi connectivity index (χ1) is 7.97. The van der Waals surface area contributed by atoms with Crippen LogP contribution < -0.4 is 5.32 Å². The summed E-state index contributed by atoms with van der Waals surface area (Å²) in [5.74, 6) is 0.758. The molecule has 3 nitrogen and oxygen atoms in total. The lowest BCUT2D eigenvalue weighted by atomic mass is 10.4. The number of hydrogen-bond acceptors (Lipinski definition) is 3. The number of nitrogens with zero attached hydrogens (tertiary/aromatic N) is 1. The average molecular weight is 254 g/mol. The Kier molecular flexibility index (Phi) is 6.22. The molecule has 0 amide bonds. The minimum Gasteiger partial charge on any atom is -0.380 e. The number of likely N-dealkylation sites (N-methyl/N-ethyl adjacent to an activating group) is 1. The van der Waals surface area contributed by atoms with Gasteiger partial charge in [-0.25, -0.2) is 0 Å². The second-order valence-corrected chi connectivity index (χ2v) is 4.61. The molecule has 1 N–H and O–H groups in total. The van der Waals surface area contributed by atoms with Crippen molar-refractivity contribution in [1.82, 2.24) is 10.2 Å². The van der Waals surface area contributed by atoms with Crippen LogP contribution in [0.5, 0.6) is 0 Å². The van der Waals surface area contributed by atoms with Gasteiger partial charge in [0.15, 0.2) is 0 Å². The Labute approximate surface area is 100 Å². The quantitative estimate of drug-likeness (QED) is 0.631. The maximum atomic E-state index is 11.8. The first-order valence-electron chi connectivity index (χ1n) is 6.01. The summed E-state index contributed by atoms with van der Waals surface area (Å²) in [7, 11) is 1.88. The van der Waals surface area contributed by atoms with E-state index in [2.05, 4.69) is 5.32 Å². The minimum absolute atomic E-state index is 0.346. The van der Waals surface area contributed by atoms with Gasteiger partial charge >= 0.3 is 6.18 Å². The van der Waals surface area contributed by atoms with Crippen LogP contribution in [-0.2, 0) is 4.74 Å². The van der Waals surface area contributed by atoms with E-state index in [1.807, 2.05) is 11.9 Å². The minimum atomic E-state index is -4.12. The third-order valence-electron chi connectivity index (χ3n) is 2.66. The number of rotatable bonds is 9. The van der Waals surface area contributed by atoms with Crippen LogP contribution in [0, 0.1) is 5.92 Å². The zero-order valence-corrected chi connectivity index (χ0v) is 10.2. The topological polar surface area (TPSA) is 24.5 Å². The third-order valence-corrected chi connectivity index (χ3v) is 2.66. The molecule has 1 fully saturated rings. The van der Waals surface area contributed by atoms with E-state index < -0.39 is 12.7 Å². The predicted molar refractivity (Wildman–Crippen MR) is 60.0 cm³/mol. The second kappa shape index (κ2) is 7.18. The van der Waals surface area contributed by atoms with Gasteiger partial charge in [0.1, 0.15) is 0 Å². The summed E-state index contributed by atoms with van der Waals surface area (Å²) < 4.78 is 40.9. The van der Waals surface area contributed by atoms with Crippen molar-refractivity contribution in [2.75, 3.05) is 46.4 Å². The van der Waals surface area contributed by atoms with Gasteiger partial charge in [-0.15, -0.1) is 0 Å². The molecule has 1 aliphatic carbocycles. The standard InChI is InChI=1S/C11H21F3N2O/c1-16(5-4-15-9-11(12,13)14)6-7-17-8-10-2-3-10/h10,15H,2-9H2,1H3. The molecule has 0 heterocycles. The molecular weight excluding hydrogens is 233 g/mol. The van der Waals surface area contributed by atoms with Gasteiger partial charge in [0.2, 0.25) is 0 Å². The molecule has 1 saturated carbocycles. The van der Waals surface area contributed by atoms with Gasteiger partial charge in [-0.1, -0.05) is 0 Å². The Hall–Kier alpha value is -0.330. The fraction of sp³-hybridized carbons (Fsp3) is 1.00.